The average molecular weight is 442 g/mol. The lowest BCUT2D eigenvalue weighted by molar-refractivity contribution is 0.0391. The van der Waals surface area contributed by atoms with Crippen LogP contribution in [-0.4, -0.2) is 55.2 Å². The monoisotopic (exact) mass is 441 g/mol. The van der Waals surface area contributed by atoms with Crippen molar-refractivity contribution in [3.8, 4) is 0 Å². The molecule has 1 saturated heterocycles. The number of ether oxygens (including phenoxy) is 1. The molecule has 4 rings (SSSR count). The molecule has 0 N–H and O–H groups in total. The fraction of sp³-hybridized carbons (Fsp3) is 0.333. The number of amides is 1. The SMILES string of the molecule is O=C(c1ccc(Cl)s1)N(CCN1CCOCC1)c1nc2ccc(Cl)cc2s1. The first-order valence-corrected chi connectivity index (χ1v) is 10.9. The van der Waals surface area contributed by atoms with Crippen LogP contribution in [0.5, 0.6) is 0 Å². The van der Waals surface area contributed by atoms with E-state index in [4.69, 9.17) is 27.9 Å². The van der Waals surface area contributed by atoms with E-state index in [1.165, 1.54) is 22.7 Å². The lowest BCUT2D eigenvalue weighted by atomic mass is 10.3. The largest absolute Gasteiger partial charge is 0.379 e. The quantitative estimate of drug-likeness (QED) is 0.578. The highest BCUT2D eigenvalue weighted by Gasteiger charge is 2.24. The van der Waals surface area contributed by atoms with Crippen LogP contribution in [0.4, 0.5) is 5.13 Å². The van der Waals surface area contributed by atoms with Crippen LogP contribution in [0.1, 0.15) is 9.67 Å². The number of anilines is 1. The van der Waals surface area contributed by atoms with E-state index in [0.29, 0.717) is 25.9 Å². The number of hydrogen-bond acceptors (Lipinski definition) is 6. The molecule has 5 nitrogen and oxygen atoms in total. The van der Waals surface area contributed by atoms with Gasteiger partial charge in [0.2, 0.25) is 0 Å². The van der Waals surface area contributed by atoms with Gasteiger partial charge in [-0.25, -0.2) is 4.98 Å². The highest BCUT2D eigenvalue weighted by molar-refractivity contribution is 7.22. The molecule has 3 heterocycles. The van der Waals surface area contributed by atoms with Crippen LogP contribution >= 0.6 is 45.9 Å². The van der Waals surface area contributed by atoms with Crippen molar-refractivity contribution in [2.45, 2.75) is 0 Å². The number of halogens is 2. The Morgan fingerprint density at radius 3 is 2.74 bits per heavy atom. The zero-order valence-corrected chi connectivity index (χ0v) is 17.5. The number of carbonyl (C=O) groups excluding carboxylic acids is 1. The van der Waals surface area contributed by atoms with Crippen LogP contribution in [0.2, 0.25) is 9.36 Å². The first kappa shape index (κ1) is 19.1. The highest BCUT2D eigenvalue weighted by Crippen LogP contribution is 2.32. The molecule has 0 atom stereocenters. The molecule has 142 valence electrons. The van der Waals surface area contributed by atoms with Crippen molar-refractivity contribution in [3.63, 3.8) is 0 Å². The van der Waals surface area contributed by atoms with E-state index < -0.39 is 0 Å². The number of hydrogen-bond donors (Lipinski definition) is 0. The fourth-order valence-corrected chi connectivity index (χ4v) is 5.17. The molecule has 3 aromatic rings. The van der Waals surface area contributed by atoms with E-state index in [0.717, 1.165) is 43.1 Å². The van der Waals surface area contributed by atoms with Gasteiger partial charge in [0.1, 0.15) is 0 Å². The van der Waals surface area contributed by atoms with Gasteiger partial charge >= 0.3 is 0 Å². The third-order valence-electron chi connectivity index (χ3n) is 4.34. The molecule has 0 spiro atoms. The fourth-order valence-electron chi connectivity index (χ4n) is 2.91. The molecule has 1 fully saturated rings. The predicted molar refractivity (Wildman–Crippen MR) is 113 cm³/mol. The summed E-state index contributed by atoms with van der Waals surface area (Å²) in [6.45, 7) is 4.54. The van der Waals surface area contributed by atoms with Crippen molar-refractivity contribution in [1.82, 2.24) is 9.88 Å². The van der Waals surface area contributed by atoms with Crippen molar-refractivity contribution in [2.75, 3.05) is 44.3 Å². The number of aromatic nitrogens is 1. The van der Waals surface area contributed by atoms with E-state index >= 15 is 0 Å². The van der Waals surface area contributed by atoms with Gasteiger partial charge in [-0.1, -0.05) is 34.5 Å². The van der Waals surface area contributed by atoms with Crippen LogP contribution < -0.4 is 4.90 Å². The normalized spacial score (nSPS) is 15.3. The number of morpholine rings is 1. The van der Waals surface area contributed by atoms with Gasteiger partial charge in [-0.3, -0.25) is 14.6 Å². The Balaban J connectivity index is 1.62. The molecular formula is C18H17Cl2N3O2S2. The Morgan fingerprint density at radius 1 is 1.19 bits per heavy atom. The maximum absolute atomic E-state index is 13.2. The summed E-state index contributed by atoms with van der Waals surface area (Å²) in [5, 5.41) is 1.34. The molecule has 27 heavy (non-hydrogen) atoms. The van der Waals surface area contributed by atoms with Gasteiger partial charge in [-0.2, -0.15) is 0 Å². The van der Waals surface area contributed by atoms with E-state index in [2.05, 4.69) is 9.88 Å². The molecule has 1 aromatic carbocycles. The van der Waals surface area contributed by atoms with Crippen LogP contribution in [0.15, 0.2) is 30.3 Å². The van der Waals surface area contributed by atoms with Gasteiger partial charge in [0.25, 0.3) is 5.91 Å². The minimum absolute atomic E-state index is 0.0784. The molecule has 9 heteroatoms. The molecule has 0 bridgehead atoms. The Labute approximate surface area is 175 Å². The van der Waals surface area contributed by atoms with Gasteiger partial charge in [0.15, 0.2) is 5.13 Å². The summed E-state index contributed by atoms with van der Waals surface area (Å²) < 4.78 is 6.97. The number of thiophene rings is 1. The summed E-state index contributed by atoms with van der Waals surface area (Å²) in [4.78, 5) is 22.5. The number of fused-ring (bicyclic) bond motifs is 1. The third-order valence-corrected chi connectivity index (χ3v) is 6.84. The molecule has 0 radical (unpaired) electrons. The first-order valence-electron chi connectivity index (χ1n) is 8.53. The minimum atomic E-state index is -0.0784. The second-order valence-electron chi connectivity index (χ2n) is 6.12. The molecule has 1 aliphatic rings. The van der Waals surface area contributed by atoms with E-state index in [-0.39, 0.29) is 5.91 Å². The maximum Gasteiger partial charge on any atom is 0.270 e. The zero-order valence-electron chi connectivity index (χ0n) is 14.4. The molecule has 0 aliphatic carbocycles. The van der Waals surface area contributed by atoms with Crippen LogP contribution in [0.25, 0.3) is 10.2 Å². The van der Waals surface area contributed by atoms with Gasteiger partial charge in [-0.05, 0) is 30.3 Å². The van der Waals surface area contributed by atoms with Crippen molar-refractivity contribution < 1.29 is 9.53 Å². The maximum atomic E-state index is 13.2. The summed E-state index contributed by atoms with van der Waals surface area (Å²) in [6.07, 6.45) is 0. The second-order valence-corrected chi connectivity index (χ2v) is 9.28. The zero-order chi connectivity index (χ0) is 18.8. The van der Waals surface area contributed by atoms with Crippen molar-refractivity contribution in [1.29, 1.82) is 0 Å². The van der Waals surface area contributed by atoms with Gasteiger partial charge in [0.05, 0.1) is 32.6 Å². The number of thiazole rings is 1. The second kappa shape index (κ2) is 8.43. The van der Waals surface area contributed by atoms with Gasteiger partial charge < -0.3 is 4.74 Å². The van der Waals surface area contributed by atoms with E-state index in [1.54, 1.807) is 17.0 Å². The predicted octanol–water partition coefficient (Wildman–Crippen LogP) is 4.64. The van der Waals surface area contributed by atoms with E-state index in [9.17, 15) is 4.79 Å². The first-order chi connectivity index (χ1) is 13.1. The molecule has 0 saturated carbocycles. The Hall–Kier alpha value is -1.22. The highest BCUT2D eigenvalue weighted by atomic mass is 35.5. The van der Waals surface area contributed by atoms with Crippen molar-refractivity contribution in [3.05, 3.63) is 44.6 Å². The van der Waals surface area contributed by atoms with Crippen molar-refractivity contribution in [2.24, 2.45) is 0 Å². The van der Waals surface area contributed by atoms with Crippen LogP contribution in [0.3, 0.4) is 0 Å². The van der Waals surface area contributed by atoms with Crippen LogP contribution in [-0.2, 0) is 4.74 Å². The summed E-state index contributed by atoms with van der Waals surface area (Å²) >= 11 is 14.9. The molecule has 0 unspecified atom stereocenters. The summed E-state index contributed by atoms with van der Waals surface area (Å²) in [6, 6.07) is 9.08. The number of nitrogens with zero attached hydrogens (tertiary/aromatic N) is 3. The minimum Gasteiger partial charge on any atom is -0.379 e. The van der Waals surface area contributed by atoms with Gasteiger partial charge in [-0.15, -0.1) is 11.3 Å². The lowest BCUT2D eigenvalue weighted by Crippen LogP contribution is -2.43. The Bertz CT molecular complexity index is 953. The summed E-state index contributed by atoms with van der Waals surface area (Å²) in [5.41, 5.74) is 0.841. The standard InChI is InChI=1S/C18H17Cl2N3O2S2/c19-12-1-2-13-15(11-12)27-18(21-13)23(6-5-22-7-9-25-10-8-22)17(24)14-3-4-16(20)26-14/h1-4,11H,5-10H2. The number of rotatable bonds is 5. The molecule has 1 amide bonds. The van der Waals surface area contributed by atoms with Gasteiger partial charge in [0, 0.05) is 31.2 Å². The Morgan fingerprint density at radius 2 is 2.00 bits per heavy atom. The Kier molecular flexibility index (Phi) is 5.96. The third kappa shape index (κ3) is 4.45. The van der Waals surface area contributed by atoms with Crippen LogP contribution in [0, 0.1) is 0 Å². The molecular weight excluding hydrogens is 425 g/mol. The number of carbonyl (C=O) groups is 1. The molecule has 1 aliphatic heterocycles. The van der Waals surface area contributed by atoms with E-state index in [1.807, 2.05) is 18.2 Å². The molecule has 2 aromatic heterocycles. The topological polar surface area (TPSA) is 45.7 Å². The average Bonchev–Trinajstić information content (AvgIpc) is 3.28. The number of benzene rings is 1. The van der Waals surface area contributed by atoms with Crippen molar-refractivity contribution >= 4 is 67.1 Å². The smallest absolute Gasteiger partial charge is 0.270 e. The summed E-state index contributed by atoms with van der Waals surface area (Å²) in [7, 11) is 0. The summed E-state index contributed by atoms with van der Waals surface area (Å²) in [5.74, 6) is -0.0784. The lowest BCUT2D eigenvalue weighted by Gasteiger charge is -2.29.